The first-order valence-corrected chi connectivity index (χ1v) is 11.7. The van der Waals surface area contributed by atoms with Crippen molar-refractivity contribution in [2.24, 2.45) is 5.11 Å². The van der Waals surface area contributed by atoms with Gasteiger partial charge >= 0.3 is 0 Å². The van der Waals surface area contributed by atoms with E-state index in [1.807, 2.05) is 13.1 Å². The molecular formula is C15H28N4O7Si. The number of hydrogen-bond donors (Lipinski definition) is 0. The fraction of sp³-hybridized carbons (Fsp3) is 1.00. The van der Waals surface area contributed by atoms with Gasteiger partial charge in [-0.1, -0.05) is 25.9 Å². The molecule has 2 fully saturated rings. The number of nitrogens with zero attached hydrogens (tertiary/aromatic N) is 4. The molecular weight excluding hydrogens is 376 g/mol. The zero-order valence-corrected chi connectivity index (χ0v) is 17.7. The van der Waals surface area contributed by atoms with E-state index in [-0.39, 0.29) is 11.6 Å². The average Bonchev–Trinajstić information content (AvgIpc) is 2.49. The lowest BCUT2D eigenvalue weighted by atomic mass is 9.96. The lowest BCUT2D eigenvalue weighted by Gasteiger charge is -2.52. The molecule has 0 amide bonds. The van der Waals surface area contributed by atoms with E-state index >= 15 is 0 Å². The van der Waals surface area contributed by atoms with Crippen LogP contribution in [0.3, 0.4) is 0 Å². The first-order valence-electron chi connectivity index (χ1n) is 8.78. The third kappa shape index (κ3) is 4.89. The number of azide groups is 1. The Bertz CT molecular complexity index is 618. The maximum atomic E-state index is 10.9. The molecule has 12 heteroatoms. The van der Waals surface area contributed by atoms with E-state index in [9.17, 15) is 10.1 Å². The van der Waals surface area contributed by atoms with Gasteiger partial charge in [0.25, 0.3) is 5.09 Å². The van der Waals surface area contributed by atoms with Crippen LogP contribution in [-0.4, -0.2) is 56.4 Å². The van der Waals surface area contributed by atoms with Gasteiger partial charge in [-0.3, -0.25) is 4.84 Å². The summed E-state index contributed by atoms with van der Waals surface area (Å²) in [5.41, 5.74) is 9.01. The minimum atomic E-state index is -2.34. The van der Waals surface area contributed by atoms with E-state index < -0.39 is 49.8 Å². The quantitative estimate of drug-likeness (QED) is 0.171. The van der Waals surface area contributed by atoms with Gasteiger partial charge in [-0.25, -0.2) is 0 Å². The van der Waals surface area contributed by atoms with Crippen LogP contribution in [0.2, 0.25) is 18.1 Å². The molecule has 2 saturated heterocycles. The number of ether oxygens (including phenoxy) is 3. The predicted molar refractivity (Wildman–Crippen MR) is 96.6 cm³/mol. The third-order valence-electron chi connectivity index (χ3n) is 5.24. The highest BCUT2D eigenvalue weighted by atomic mass is 28.4. The highest BCUT2D eigenvalue weighted by Crippen LogP contribution is 2.42. The fourth-order valence-electron chi connectivity index (χ4n) is 2.82. The summed E-state index contributed by atoms with van der Waals surface area (Å²) in [7, 11) is -2.34. The van der Waals surface area contributed by atoms with Crippen LogP contribution in [0, 0.1) is 10.1 Å². The largest absolute Gasteiger partial charge is 0.411 e. The second-order valence-corrected chi connectivity index (χ2v) is 13.5. The smallest absolute Gasteiger partial charge is 0.297 e. The lowest BCUT2D eigenvalue weighted by Crippen LogP contribution is -2.67. The average molecular weight is 404 g/mol. The van der Waals surface area contributed by atoms with Gasteiger partial charge in [0.1, 0.15) is 18.2 Å². The van der Waals surface area contributed by atoms with Crippen LogP contribution >= 0.6 is 0 Å². The molecule has 11 nitrogen and oxygen atoms in total. The fourth-order valence-corrected chi connectivity index (χ4v) is 4.13. The van der Waals surface area contributed by atoms with Crippen LogP contribution in [0.15, 0.2) is 5.11 Å². The summed E-state index contributed by atoms with van der Waals surface area (Å²) in [6.45, 7) is 13.9. The van der Waals surface area contributed by atoms with Gasteiger partial charge in [-0.15, -0.1) is 10.1 Å². The molecule has 0 aromatic rings. The van der Waals surface area contributed by atoms with Crippen molar-refractivity contribution in [2.45, 2.75) is 89.2 Å². The molecule has 0 aromatic carbocycles. The normalized spacial score (nSPS) is 33.5. The van der Waals surface area contributed by atoms with Crippen molar-refractivity contribution in [3.8, 4) is 0 Å². The predicted octanol–water partition coefficient (Wildman–Crippen LogP) is 3.14. The van der Waals surface area contributed by atoms with Gasteiger partial charge in [0.15, 0.2) is 14.1 Å². The Morgan fingerprint density at radius 1 is 1.37 bits per heavy atom. The van der Waals surface area contributed by atoms with Gasteiger partial charge in [-0.05, 0) is 37.5 Å². The molecule has 2 heterocycles. The van der Waals surface area contributed by atoms with Crippen LogP contribution in [-0.2, 0) is 23.5 Å². The summed E-state index contributed by atoms with van der Waals surface area (Å²) in [5.74, 6) is -0.892. The molecule has 0 unspecified atom stereocenters. The minimum Gasteiger partial charge on any atom is -0.411 e. The Balaban J connectivity index is 2.43. The zero-order valence-electron chi connectivity index (χ0n) is 16.7. The third-order valence-corrected chi connectivity index (χ3v) is 9.72. The molecule has 5 atom stereocenters. The number of fused-ring (bicyclic) bond motifs is 1. The summed E-state index contributed by atoms with van der Waals surface area (Å²) in [6, 6.07) is -1.08. The van der Waals surface area contributed by atoms with Crippen molar-refractivity contribution < 1.29 is 28.6 Å². The Hall–Kier alpha value is -1.43. The molecule has 2 rings (SSSR count). The molecule has 27 heavy (non-hydrogen) atoms. The van der Waals surface area contributed by atoms with Crippen molar-refractivity contribution in [2.75, 3.05) is 6.61 Å². The van der Waals surface area contributed by atoms with Crippen LogP contribution < -0.4 is 0 Å². The molecule has 2 aliphatic rings. The van der Waals surface area contributed by atoms with Gasteiger partial charge in [0.05, 0.1) is 12.7 Å². The van der Waals surface area contributed by atoms with Crippen LogP contribution in [0.1, 0.15) is 34.6 Å². The zero-order chi connectivity index (χ0) is 20.6. The van der Waals surface area contributed by atoms with Crippen LogP contribution in [0.4, 0.5) is 0 Å². The molecule has 2 aliphatic heterocycles. The Kier molecular flexibility index (Phi) is 6.10. The Morgan fingerprint density at radius 3 is 2.52 bits per heavy atom. The van der Waals surface area contributed by atoms with Gasteiger partial charge in [0, 0.05) is 4.91 Å². The van der Waals surface area contributed by atoms with Gasteiger partial charge < -0.3 is 18.6 Å². The Labute approximate surface area is 159 Å². The van der Waals surface area contributed by atoms with Crippen molar-refractivity contribution in [1.82, 2.24) is 0 Å². The minimum absolute atomic E-state index is 0.137. The van der Waals surface area contributed by atoms with Crippen LogP contribution in [0.5, 0.6) is 0 Å². The van der Waals surface area contributed by atoms with Crippen molar-refractivity contribution in [3.05, 3.63) is 20.6 Å². The highest BCUT2D eigenvalue weighted by molar-refractivity contribution is 6.74. The van der Waals surface area contributed by atoms with E-state index in [1.165, 1.54) is 0 Å². The lowest BCUT2D eigenvalue weighted by molar-refractivity contribution is -0.784. The summed E-state index contributed by atoms with van der Waals surface area (Å²) < 4.78 is 23.8. The first kappa shape index (κ1) is 21.9. The summed E-state index contributed by atoms with van der Waals surface area (Å²) in [4.78, 5) is 18.4. The molecule has 0 radical (unpaired) electrons. The van der Waals surface area contributed by atoms with Crippen molar-refractivity contribution in [1.29, 1.82) is 0 Å². The monoisotopic (exact) mass is 404 g/mol. The highest BCUT2D eigenvalue weighted by Gasteiger charge is 2.55. The van der Waals surface area contributed by atoms with E-state index in [2.05, 4.69) is 35.6 Å². The topological polar surface area (TPSA) is 138 Å². The van der Waals surface area contributed by atoms with Crippen LogP contribution in [0.25, 0.3) is 10.4 Å². The maximum Gasteiger partial charge on any atom is 0.297 e. The molecule has 0 N–H and O–H groups in total. The molecule has 0 saturated carbocycles. The standard InChI is InChI=1S/C15H28N4O7Si/c1-14(2,3)27(6,7)26-12-10(17-18-16)13(25-19(20)21)23-9-8-22-15(4,5)24-11(9)12/h9-13H,8H2,1-7H3/t9-,10-,11-,12-,13+/m1/s1. The Morgan fingerprint density at radius 2 is 2.00 bits per heavy atom. The molecule has 154 valence electrons. The first-order chi connectivity index (χ1) is 12.3. The molecule has 0 aliphatic carbocycles. The molecule has 0 spiro atoms. The summed E-state index contributed by atoms with van der Waals surface area (Å²) >= 11 is 0. The number of hydrogen-bond acceptors (Lipinski definition) is 8. The SMILES string of the molecule is CC1(C)OC[C@H]2O[C@@H](O[N+](=O)[O-])[C@H](N=[N+]=[N-])[C@@H](O[Si](C)(C)C(C)(C)C)[C@@H]2O1. The maximum absolute atomic E-state index is 10.9. The second kappa shape index (κ2) is 7.53. The molecule has 0 bridgehead atoms. The van der Waals surface area contributed by atoms with Gasteiger partial charge in [-0.2, -0.15) is 0 Å². The summed E-state index contributed by atoms with van der Waals surface area (Å²) in [6.07, 6.45) is -3.44. The summed E-state index contributed by atoms with van der Waals surface area (Å²) in [5, 5.41) is 13.5. The van der Waals surface area contributed by atoms with E-state index in [0.29, 0.717) is 0 Å². The van der Waals surface area contributed by atoms with Crippen molar-refractivity contribution >= 4 is 8.32 Å². The van der Waals surface area contributed by atoms with Gasteiger partial charge in [0.2, 0.25) is 6.29 Å². The number of rotatable bonds is 5. The van der Waals surface area contributed by atoms with E-state index in [4.69, 9.17) is 24.2 Å². The molecule has 0 aromatic heterocycles. The van der Waals surface area contributed by atoms with E-state index in [1.54, 1.807) is 13.8 Å². The van der Waals surface area contributed by atoms with E-state index in [0.717, 1.165) is 0 Å². The second-order valence-electron chi connectivity index (χ2n) is 8.70. The van der Waals surface area contributed by atoms with Crippen molar-refractivity contribution in [3.63, 3.8) is 0 Å².